The molecule has 1 heterocycles. The van der Waals surface area contributed by atoms with Gasteiger partial charge in [0.05, 0.1) is 11.8 Å². The van der Waals surface area contributed by atoms with Crippen molar-refractivity contribution in [1.29, 1.82) is 0 Å². The van der Waals surface area contributed by atoms with Gasteiger partial charge in [-0.25, -0.2) is 0 Å². The molecule has 1 N–H and O–H groups in total. The lowest BCUT2D eigenvalue weighted by Crippen LogP contribution is -1.95. The van der Waals surface area contributed by atoms with E-state index in [4.69, 9.17) is 4.42 Å². The molecule has 0 saturated carbocycles. The van der Waals surface area contributed by atoms with E-state index < -0.39 is 0 Å². The van der Waals surface area contributed by atoms with Crippen LogP contribution in [0.25, 0.3) is 17.0 Å². The van der Waals surface area contributed by atoms with Crippen LogP contribution >= 0.6 is 0 Å². The number of furan rings is 1. The number of benzene rings is 2. The Morgan fingerprint density at radius 3 is 2.81 bits per heavy atom. The second-order valence-corrected chi connectivity index (χ2v) is 4.94. The molecule has 3 aromatic rings. The zero-order valence-electron chi connectivity index (χ0n) is 11.5. The minimum Gasteiger partial charge on any atom is -0.507 e. The van der Waals surface area contributed by atoms with Crippen molar-refractivity contribution in [2.45, 2.75) is 6.92 Å². The summed E-state index contributed by atoms with van der Waals surface area (Å²) < 4.78 is 5.27. The van der Waals surface area contributed by atoms with E-state index in [1.807, 2.05) is 31.2 Å². The monoisotopic (exact) mass is 278 g/mol. The van der Waals surface area contributed by atoms with Crippen LogP contribution in [0.1, 0.15) is 21.5 Å². The lowest BCUT2D eigenvalue weighted by Gasteiger charge is -2.01. The average molecular weight is 278 g/mol. The number of carbonyl (C=O) groups is 1. The second kappa shape index (κ2) is 5.29. The Balaban J connectivity index is 1.85. The van der Waals surface area contributed by atoms with Gasteiger partial charge in [-0.2, -0.15) is 0 Å². The number of aromatic hydroxyl groups is 1. The van der Waals surface area contributed by atoms with Crippen molar-refractivity contribution < 1.29 is 14.3 Å². The SMILES string of the molecule is Cc1ccc(C(=O)C=Cc2ccc3occc3c2)c(O)c1. The van der Waals surface area contributed by atoms with Gasteiger partial charge in [-0.05, 0) is 54.5 Å². The lowest BCUT2D eigenvalue weighted by molar-refractivity contribution is 0.104. The Hall–Kier alpha value is -2.81. The number of rotatable bonds is 3. The Morgan fingerprint density at radius 1 is 1.14 bits per heavy atom. The third kappa shape index (κ3) is 2.72. The van der Waals surface area contributed by atoms with Gasteiger partial charge in [0.25, 0.3) is 0 Å². The van der Waals surface area contributed by atoms with E-state index >= 15 is 0 Å². The van der Waals surface area contributed by atoms with Crippen LogP contribution in [0.5, 0.6) is 5.75 Å². The highest BCUT2D eigenvalue weighted by Crippen LogP contribution is 2.21. The van der Waals surface area contributed by atoms with Gasteiger partial charge in [-0.3, -0.25) is 4.79 Å². The third-order valence-electron chi connectivity index (χ3n) is 3.32. The van der Waals surface area contributed by atoms with E-state index in [0.717, 1.165) is 22.1 Å². The Kier molecular flexibility index (Phi) is 3.32. The van der Waals surface area contributed by atoms with Gasteiger partial charge in [0.1, 0.15) is 11.3 Å². The first-order valence-corrected chi connectivity index (χ1v) is 6.63. The first-order valence-electron chi connectivity index (χ1n) is 6.63. The number of phenolic OH excluding ortho intramolecular Hbond substituents is 1. The second-order valence-electron chi connectivity index (χ2n) is 4.94. The molecule has 1 aromatic heterocycles. The number of ketones is 1. The van der Waals surface area contributed by atoms with E-state index in [1.165, 1.54) is 6.08 Å². The molecule has 0 atom stereocenters. The van der Waals surface area contributed by atoms with Crippen molar-refractivity contribution in [2.24, 2.45) is 0 Å². The van der Waals surface area contributed by atoms with Crippen LogP contribution in [0.4, 0.5) is 0 Å². The molecule has 0 unspecified atom stereocenters. The molecule has 0 aliphatic heterocycles. The summed E-state index contributed by atoms with van der Waals surface area (Å²) in [5.74, 6) is -0.213. The molecule has 21 heavy (non-hydrogen) atoms. The highest BCUT2D eigenvalue weighted by Gasteiger charge is 2.07. The molecule has 2 aromatic carbocycles. The number of aryl methyl sites for hydroxylation is 1. The summed E-state index contributed by atoms with van der Waals surface area (Å²) >= 11 is 0. The summed E-state index contributed by atoms with van der Waals surface area (Å²) in [7, 11) is 0. The maximum absolute atomic E-state index is 12.1. The van der Waals surface area contributed by atoms with Crippen LogP contribution in [0, 0.1) is 6.92 Å². The molecule has 3 rings (SSSR count). The van der Waals surface area contributed by atoms with E-state index in [9.17, 15) is 9.90 Å². The number of phenols is 1. The van der Waals surface area contributed by atoms with Crippen molar-refractivity contribution in [3.63, 3.8) is 0 Å². The molecule has 0 aliphatic rings. The number of hydrogen-bond donors (Lipinski definition) is 1. The Morgan fingerprint density at radius 2 is 2.00 bits per heavy atom. The van der Waals surface area contributed by atoms with Gasteiger partial charge in [0, 0.05) is 5.39 Å². The van der Waals surface area contributed by atoms with Crippen molar-refractivity contribution in [3.8, 4) is 5.75 Å². The largest absolute Gasteiger partial charge is 0.507 e. The van der Waals surface area contributed by atoms with Crippen molar-refractivity contribution in [3.05, 3.63) is 71.5 Å². The molecule has 0 bridgehead atoms. The summed E-state index contributed by atoms with van der Waals surface area (Å²) in [5.41, 5.74) is 2.94. The van der Waals surface area contributed by atoms with E-state index in [2.05, 4.69) is 0 Å². The molecule has 3 nitrogen and oxygen atoms in total. The standard InChI is InChI=1S/C18H14O3/c1-12-2-5-15(17(20)10-12)16(19)6-3-13-4-7-18-14(11-13)8-9-21-18/h2-11,20H,1H3. The maximum Gasteiger partial charge on any atom is 0.189 e. The summed E-state index contributed by atoms with van der Waals surface area (Å²) in [5, 5.41) is 10.8. The van der Waals surface area contributed by atoms with Crippen molar-refractivity contribution >= 4 is 22.8 Å². The minimum atomic E-state index is -0.222. The number of hydrogen-bond acceptors (Lipinski definition) is 3. The van der Waals surface area contributed by atoms with Crippen LogP contribution in [0.3, 0.4) is 0 Å². The molecule has 3 heteroatoms. The smallest absolute Gasteiger partial charge is 0.189 e. The topological polar surface area (TPSA) is 50.4 Å². The van der Waals surface area contributed by atoms with Crippen molar-refractivity contribution in [1.82, 2.24) is 0 Å². The maximum atomic E-state index is 12.1. The molecular weight excluding hydrogens is 264 g/mol. The van der Waals surface area contributed by atoms with Gasteiger partial charge >= 0.3 is 0 Å². The number of fused-ring (bicyclic) bond motifs is 1. The molecule has 0 spiro atoms. The first kappa shape index (κ1) is 13.2. The fraction of sp³-hybridized carbons (Fsp3) is 0.0556. The number of carbonyl (C=O) groups excluding carboxylic acids is 1. The predicted molar refractivity (Wildman–Crippen MR) is 82.4 cm³/mol. The highest BCUT2D eigenvalue weighted by atomic mass is 16.3. The highest BCUT2D eigenvalue weighted by molar-refractivity contribution is 6.08. The van der Waals surface area contributed by atoms with Crippen LogP contribution in [-0.2, 0) is 0 Å². The van der Waals surface area contributed by atoms with Gasteiger partial charge in [-0.15, -0.1) is 0 Å². The predicted octanol–water partition coefficient (Wildman–Crippen LogP) is 4.34. The Bertz CT molecular complexity index is 841. The quantitative estimate of drug-likeness (QED) is 0.572. The molecule has 0 amide bonds. The van der Waals surface area contributed by atoms with Crippen LogP contribution < -0.4 is 0 Å². The van der Waals surface area contributed by atoms with Gasteiger partial charge in [-0.1, -0.05) is 18.2 Å². The molecule has 0 radical (unpaired) electrons. The Labute approximate surface area is 122 Å². The summed E-state index contributed by atoms with van der Waals surface area (Å²) in [4.78, 5) is 12.1. The molecule has 0 aliphatic carbocycles. The molecular formula is C18H14O3. The van der Waals surface area contributed by atoms with Gasteiger partial charge < -0.3 is 9.52 Å². The van der Waals surface area contributed by atoms with Gasteiger partial charge in [0.2, 0.25) is 0 Å². The molecule has 0 fully saturated rings. The van der Waals surface area contributed by atoms with Crippen molar-refractivity contribution in [2.75, 3.05) is 0 Å². The van der Waals surface area contributed by atoms with Crippen LogP contribution in [0.2, 0.25) is 0 Å². The zero-order chi connectivity index (χ0) is 14.8. The minimum absolute atomic E-state index is 0.00920. The lowest BCUT2D eigenvalue weighted by atomic mass is 10.1. The molecule has 104 valence electrons. The van der Waals surface area contributed by atoms with Gasteiger partial charge in [0.15, 0.2) is 5.78 Å². The van der Waals surface area contributed by atoms with E-state index in [0.29, 0.717) is 5.56 Å². The fourth-order valence-electron chi connectivity index (χ4n) is 2.20. The van der Waals surface area contributed by atoms with E-state index in [-0.39, 0.29) is 11.5 Å². The zero-order valence-corrected chi connectivity index (χ0v) is 11.5. The third-order valence-corrected chi connectivity index (χ3v) is 3.32. The van der Waals surface area contributed by atoms with E-state index in [1.54, 1.807) is 30.5 Å². The summed E-state index contributed by atoms with van der Waals surface area (Å²) in [6.45, 7) is 1.87. The average Bonchev–Trinajstić information content (AvgIpc) is 2.92. The summed E-state index contributed by atoms with van der Waals surface area (Å²) in [6, 6.07) is 12.6. The molecule has 0 saturated heterocycles. The summed E-state index contributed by atoms with van der Waals surface area (Å²) in [6.07, 6.45) is 4.83. The number of allylic oxidation sites excluding steroid dienone is 1. The normalized spacial score (nSPS) is 11.3. The van der Waals surface area contributed by atoms with Crippen LogP contribution in [-0.4, -0.2) is 10.9 Å². The fourth-order valence-corrected chi connectivity index (χ4v) is 2.20. The van der Waals surface area contributed by atoms with Crippen LogP contribution in [0.15, 0.2) is 59.2 Å². The first-order chi connectivity index (χ1) is 10.1.